The zero-order valence-electron chi connectivity index (χ0n) is 9.18. The highest BCUT2D eigenvalue weighted by Gasteiger charge is 2.48. The molecule has 6 nitrogen and oxygen atoms in total. The number of rotatable bonds is 4. The molecule has 0 saturated carbocycles. The Morgan fingerprint density at radius 3 is 2.94 bits per heavy atom. The van der Waals surface area contributed by atoms with Crippen LogP contribution in [-0.4, -0.2) is 63.2 Å². The molecule has 0 spiro atoms. The molecular formula is C9H16N2O4S. The van der Waals surface area contributed by atoms with Crippen LogP contribution in [0.1, 0.15) is 6.42 Å². The minimum absolute atomic E-state index is 0.0736. The molecule has 2 aliphatic rings. The lowest BCUT2D eigenvalue weighted by molar-refractivity contribution is 0.169. The summed E-state index contributed by atoms with van der Waals surface area (Å²) in [6.07, 6.45) is 0.729. The fourth-order valence-electron chi connectivity index (χ4n) is 2.31. The van der Waals surface area contributed by atoms with Crippen LogP contribution < -0.4 is 5.32 Å². The molecule has 2 amide bonds. The summed E-state index contributed by atoms with van der Waals surface area (Å²) >= 11 is 0. The van der Waals surface area contributed by atoms with Crippen molar-refractivity contribution in [1.29, 1.82) is 0 Å². The highest BCUT2D eigenvalue weighted by atomic mass is 32.2. The normalized spacial score (nSPS) is 31.6. The minimum atomic E-state index is -2.98. The predicted octanol–water partition coefficient (Wildman–Crippen LogP) is -0.786. The van der Waals surface area contributed by atoms with Crippen LogP contribution in [0.4, 0.5) is 4.79 Å². The maximum absolute atomic E-state index is 11.6. The van der Waals surface area contributed by atoms with Gasteiger partial charge in [-0.3, -0.25) is 0 Å². The minimum Gasteiger partial charge on any atom is -0.385 e. The monoisotopic (exact) mass is 248 g/mol. The number of nitrogens with one attached hydrogen (secondary N) is 1. The number of hydrogen-bond donors (Lipinski definition) is 1. The van der Waals surface area contributed by atoms with E-state index in [1.807, 2.05) is 0 Å². The van der Waals surface area contributed by atoms with Gasteiger partial charge >= 0.3 is 6.03 Å². The van der Waals surface area contributed by atoms with Crippen LogP contribution in [0.15, 0.2) is 0 Å². The number of urea groups is 1. The molecule has 0 aromatic heterocycles. The summed E-state index contributed by atoms with van der Waals surface area (Å²) in [6.45, 7) is 1.13. The molecule has 0 unspecified atom stereocenters. The van der Waals surface area contributed by atoms with E-state index < -0.39 is 9.84 Å². The highest BCUT2D eigenvalue weighted by molar-refractivity contribution is 7.91. The molecule has 7 heteroatoms. The van der Waals surface area contributed by atoms with Crippen LogP contribution in [0.2, 0.25) is 0 Å². The van der Waals surface area contributed by atoms with Gasteiger partial charge in [0.1, 0.15) is 0 Å². The Balaban J connectivity index is 1.99. The number of hydrogen-bond acceptors (Lipinski definition) is 4. The van der Waals surface area contributed by atoms with Gasteiger partial charge in [0.25, 0.3) is 0 Å². The van der Waals surface area contributed by atoms with Gasteiger partial charge in [-0.2, -0.15) is 0 Å². The zero-order chi connectivity index (χ0) is 11.8. The first-order valence-electron chi connectivity index (χ1n) is 5.30. The molecule has 0 radical (unpaired) electrons. The lowest BCUT2D eigenvalue weighted by Crippen LogP contribution is -2.37. The molecule has 2 aliphatic heterocycles. The van der Waals surface area contributed by atoms with Gasteiger partial charge in [0.15, 0.2) is 9.84 Å². The summed E-state index contributed by atoms with van der Waals surface area (Å²) in [6, 6.07) is -0.560. The Bertz CT molecular complexity index is 381. The Hall–Kier alpha value is -0.820. The quantitative estimate of drug-likeness (QED) is 0.523. The Kier molecular flexibility index (Phi) is 3.07. The number of ether oxygens (including phenoxy) is 1. The second-order valence-electron chi connectivity index (χ2n) is 4.24. The first-order valence-corrected chi connectivity index (χ1v) is 7.12. The number of amides is 2. The van der Waals surface area contributed by atoms with Gasteiger partial charge in [0, 0.05) is 20.3 Å². The van der Waals surface area contributed by atoms with E-state index in [4.69, 9.17) is 4.74 Å². The summed E-state index contributed by atoms with van der Waals surface area (Å²) in [5.74, 6) is 0.160. The van der Waals surface area contributed by atoms with Gasteiger partial charge in [-0.05, 0) is 6.42 Å². The molecule has 0 aromatic rings. The van der Waals surface area contributed by atoms with Crippen molar-refractivity contribution < 1.29 is 17.9 Å². The number of carbonyl (C=O) groups is 1. The van der Waals surface area contributed by atoms with Gasteiger partial charge < -0.3 is 15.0 Å². The van der Waals surface area contributed by atoms with Crippen LogP contribution in [0.3, 0.4) is 0 Å². The van der Waals surface area contributed by atoms with Crippen molar-refractivity contribution in [3.05, 3.63) is 0 Å². The van der Waals surface area contributed by atoms with Gasteiger partial charge in [-0.25, -0.2) is 13.2 Å². The summed E-state index contributed by atoms with van der Waals surface area (Å²) in [4.78, 5) is 13.2. The van der Waals surface area contributed by atoms with E-state index in [1.165, 1.54) is 0 Å². The maximum atomic E-state index is 11.6. The lowest BCUT2D eigenvalue weighted by Gasteiger charge is -2.20. The molecule has 92 valence electrons. The van der Waals surface area contributed by atoms with E-state index in [9.17, 15) is 13.2 Å². The molecule has 0 aromatic carbocycles. The molecule has 2 fully saturated rings. The van der Waals surface area contributed by atoms with Crippen LogP contribution in [0, 0.1) is 0 Å². The second kappa shape index (κ2) is 4.21. The SMILES string of the molecule is COCCCN1C(=O)N[C@@H]2CS(=O)(=O)C[C@H]21. The van der Waals surface area contributed by atoms with Crippen LogP contribution >= 0.6 is 0 Å². The Morgan fingerprint density at radius 2 is 2.25 bits per heavy atom. The van der Waals surface area contributed by atoms with Gasteiger partial charge in [-0.15, -0.1) is 0 Å². The number of methoxy groups -OCH3 is 1. The summed E-state index contributed by atoms with van der Waals surface area (Å²) in [7, 11) is -1.38. The van der Waals surface area contributed by atoms with Crippen molar-refractivity contribution in [3.63, 3.8) is 0 Å². The van der Waals surface area contributed by atoms with E-state index in [1.54, 1.807) is 12.0 Å². The zero-order valence-corrected chi connectivity index (χ0v) is 10.00. The smallest absolute Gasteiger partial charge is 0.318 e. The summed E-state index contributed by atoms with van der Waals surface area (Å²) in [5, 5.41) is 2.72. The van der Waals surface area contributed by atoms with Crippen LogP contribution in [0.25, 0.3) is 0 Å². The maximum Gasteiger partial charge on any atom is 0.318 e. The largest absolute Gasteiger partial charge is 0.385 e. The number of fused-ring (bicyclic) bond motifs is 1. The molecule has 0 bridgehead atoms. The molecule has 16 heavy (non-hydrogen) atoms. The standard InChI is InChI=1S/C9H16N2O4S/c1-15-4-2-3-11-8-6-16(13,14)5-7(8)10-9(11)12/h7-8H,2-6H2,1H3,(H,10,12)/t7-,8-/m1/s1. The molecule has 1 N–H and O–H groups in total. The van der Waals surface area contributed by atoms with Crippen LogP contribution in [0.5, 0.6) is 0 Å². The van der Waals surface area contributed by atoms with Gasteiger partial charge in [0.2, 0.25) is 0 Å². The Morgan fingerprint density at radius 1 is 1.50 bits per heavy atom. The molecule has 0 aliphatic carbocycles. The van der Waals surface area contributed by atoms with Crippen molar-refractivity contribution in [2.45, 2.75) is 18.5 Å². The number of nitrogens with zero attached hydrogens (tertiary/aromatic N) is 1. The highest BCUT2D eigenvalue weighted by Crippen LogP contribution is 2.24. The second-order valence-corrected chi connectivity index (χ2v) is 6.39. The van der Waals surface area contributed by atoms with Crippen molar-refractivity contribution in [2.24, 2.45) is 0 Å². The third kappa shape index (κ3) is 2.15. The third-order valence-electron chi connectivity index (χ3n) is 3.04. The molecule has 2 atom stereocenters. The third-order valence-corrected chi connectivity index (χ3v) is 4.76. The average molecular weight is 248 g/mol. The van der Waals surface area contributed by atoms with Crippen molar-refractivity contribution in [1.82, 2.24) is 10.2 Å². The van der Waals surface area contributed by atoms with Crippen molar-refractivity contribution in [2.75, 3.05) is 31.8 Å². The number of carbonyl (C=O) groups excluding carboxylic acids is 1. The van der Waals surface area contributed by atoms with E-state index in [2.05, 4.69) is 5.32 Å². The molecular weight excluding hydrogens is 232 g/mol. The van der Waals surface area contributed by atoms with E-state index in [-0.39, 0.29) is 29.6 Å². The summed E-state index contributed by atoms with van der Waals surface area (Å²) < 4.78 is 27.8. The Labute approximate surface area is 94.9 Å². The predicted molar refractivity (Wildman–Crippen MR) is 58.0 cm³/mol. The molecule has 2 rings (SSSR count). The van der Waals surface area contributed by atoms with E-state index in [0.717, 1.165) is 6.42 Å². The topological polar surface area (TPSA) is 75.7 Å². The van der Waals surface area contributed by atoms with Gasteiger partial charge in [0.05, 0.1) is 23.6 Å². The first kappa shape index (κ1) is 11.7. The average Bonchev–Trinajstić information content (AvgIpc) is 2.60. The molecule has 2 heterocycles. The fraction of sp³-hybridized carbons (Fsp3) is 0.889. The van der Waals surface area contributed by atoms with Crippen molar-refractivity contribution in [3.8, 4) is 0 Å². The first-order chi connectivity index (χ1) is 7.53. The fourth-order valence-corrected chi connectivity index (χ4v) is 4.23. The lowest BCUT2D eigenvalue weighted by atomic mass is 10.2. The van der Waals surface area contributed by atoms with Crippen LogP contribution in [-0.2, 0) is 14.6 Å². The van der Waals surface area contributed by atoms with E-state index >= 15 is 0 Å². The van der Waals surface area contributed by atoms with Gasteiger partial charge in [-0.1, -0.05) is 0 Å². The van der Waals surface area contributed by atoms with E-state index in [0.29, 0.717) is 13.2 Å². The molecule has 2 saturated heterocycles. The summed E-state index contributed by atoms with van der Waals surface area (Å²) in [5.41, 5.74) is 0. The van der Waals surface area contributed by atoms with Crippen molar-refractivity contribution >= 4 is 15.9 Å². The number of sulfone groups is 1.